The Kier molecular flexibility index (Phi) is 6.20. The van der Waals surface area contributed by atoms with Gasteiger partial charge in [0.05, 0.1) is 0 Å². The zero-order valence-corrected chi connectivity index (χ0v) is 12.2. The lowest BCUT2D eigenvalue weighted by molar-refractivity contribution is 0.124. The Morgan fingerprint density at radius 1 is 1.19 bits per heavy atom. The van der Waals surface area contributed by atoms with Crippen LogP contribution in [0.2, 0.25) is 0 Å². The Balaban J connectivity index is 2.60. The van der Waals surface area contributed by atoms with Gasteiger partial charge < -0.3 is 4.90 Å². The van der Waals surface area contributed by atoms with Crippen molar-refractivity contribution in [1.29, 1.82) is 0 Å². The summed E-state index contributed by atoms with van der Waals surface area (Å²) in [6.07, 6.45) is 8.14. The Morgan fingerprint density at radius 2 is 1.88 bits per heavy atom. The number of nitrogens with zero attached hydrogens (tertiary/aromatic N) is 1. The molecule has 1 fully saturated rings. The molecule has 0 aliphatic carbocycles. The van der Waals surface area contributed by atoms with Crippen LogP contribution in [0.25, 0.3) is 0 Å². The lowest BCUT2D eigenvalue weighted by Crippen LogP contribution is -2.42. The van der Waals surface area contributed by atoms with Gasteiger partial charge in [-0.15, -0.1) is 0 Å². The fourth-order valence-corrected chi connectivity index (χ4v) is 3.29. The van der Waals surface area contributed by atoms with Crippen molar-refractivity contribution in [3.63, 3.8) is 0 Å². The van der Waals surface area contributed by atoms with E-state index in [1.165, 1.54) is 51.6 Å². The van der Waals surface area contributed by atoms with Gasteiger partial charge in [-0.1, -0.05) is 26.7 Å². The first-order valence-electron chi connectivity index (χ1n) is 7.02. The molecule has 0 aromatic rings. The summed E-state index contributed by atoms with van der Waals surface area (Å²) in [6, 6.07) is 0.778. The van der Waals surface area contributed by atoms with Crippen molar-refractivity contribution in [2.45, 2.75) is 65.3 Å². The fraction of sp³-hybridized carbons (Fsp3) is 1.00. The van der Waals surface area contributed by atoms with E-state index in [1.807, 2.05) is 0 Å². The summed E-state index contributed by atoms with van der Waals surface area (Å²) in [5.41, 5.74) is 0.446. The van der Waals surface area contributed by atoms with Gasteiger partial charge in [0, 0.05) is 12.6 Å². The van der Waals surface area contributed by atoms with E-state index in [2.05, 4.69) is 38.3 Å². The van der Waals surface area contributed by atoms with Gasteiger partial charge in [0.15, 0.2) is 0 Å². The van der Waals surface area contributed by atoms with E-state index >= 15 is 0 Å². The third kappa shape index (κ3) is 3.66. The van der Waals surface area contributed by atoms with E-state index in [-0.39, 0.29) is 0 Å². The summed E-state index contributed by atoms with van der Waals surface area (Å²) in [5, 5.41) is 0. The molecule has 1 heterocycles. The molecule has 0 bridgehead atoms. The normalized spacial score (nSPS) is 24.4. The van der Waals surface area contributed by atoms with E-state index in [9.17, 15) is 0 Å². The lowest BCUT2D eigenvalue weighted by Gasteiger charge is -2.38. The molecule has 2 heteroatoms. The van der Waals surface area contributed by atoms with Crippen molar-refractivity contribution in [3.05, 3.63) is 0 Å². The molecule has 0 N–H and O–H groups in total. The molecular formula is C14H29NS. The second kappa shape index (κ2) is 6.90. The highest BCUT2D eigenvalue weighted by molar-refractivity contribution is 7.80. The van der Waals surface area contributed by atoms with E-state index < -0.39 is 0 Å². The van der Waals surface area contributed by atoms with E-state index in [0.29, 0.717) is 5.41 Å². The molecule has 0 radical (unpaired) electrons. The Bertz CT molecular complexity index is 181. The van der Waals surface area contributed by atoms with E-state index in [4.69, 9.17) is 0 Å². The number of rotatable bonds is 5. The van der Waals surface area contributed by atoms with Gasteiger partial charge >= 0.3 is 0 Å². The zero-order valence-electron chi connectivity index (χ0n) is 11.3. The predicted octanol–water partition coefficient (Wildman–Crippen LogP) is 3.99. The smallest absolute Gasteiger partial charge is 0.00671 e. The third-order valence-electron chi connectivity index (χ3n) is 4.56. The number of thiol groups is 1. The molecule has 0 saturated carbocycles. The number of hydrogen-bond donors (Lipinski definition) is 1. The van der Waals surface area contributed by atoms with Crippen molar-refractivity contribution in [3.8, 4) is 0 Å². The van der Waals surface area contributed by atoms with E-state index in [1.54, 1.807) is 0 Å². The second-order valence-corrected chi connectivity index (χ2v) is 5.85. The quantitative estimate of drug-likeness (QED) is 0.715. The molecule has 0 spiro atoms. The molecule has 1 unspecified atom stereocenters. The van der Waals surface area contributed by atoms with Gasteiger partial charge in [0.2, 0.25) is 0 Å². The van der Waals surface area contributed by atoms with E-state index in [0.717, 1.165) is 11.8 Å². The maximum absolute atomic E-state index is 4.59. The van der Waals surface area contributed by atoms with Gasteiger partial charge in [-0.25, -0.2) is 0 Å². The van der Waals surface area contributed by atoms with Gasteiger partial charge in [-0.3, -0.25) is 0 Å². The van der Waals surface area contributed by atoms with Crippen LogP contribution < -0.4 is 0 Å². The third-order valence-corrected chi connectivity index (χ3v) is 5.24. The van der Waals surface area contributed by atoms with Crippen LogP contribution >= 0.6 is 12.6 Å². The largest absolute Gasteiger partial charge is 0.300 e. The minimum Gasteiger partial charge on any atom is -0.300 e. The number of hydrogen-bond acceptors (Lipinski definition) is 2. The minimum absolute atomic E-state index is 0.446. The molecule has 0 aromatic heterocycles. The molecule has 0 amide bonds. The minimum atomic E-state index is 0.446. The topological polar surface area (TPSA) is 3.24 Å². The lowest BCUT2D eigenvalue weighted by atomic mass is 9.83. The van der Waals surface area contributed by atoms with Crippen molar-refractivity contribution in [2.75, 3.05) is 18.8 Å². The van der Waals surface area contributed by atoms with Gasteiger partial charge in [-0.05, 0) is 50.3 Å². The summed E-state index contributed by atoms with van der Waals surface area (Å²) in [6.45, 7) is 9.60. The van der Waals surface area contributed by atoms with Crippen molar-refractivity contribution in [2.24, 2.45) is 5.41 Å². The molecule has 1 aliphatic rings. The summed E-state index contributed by atoms with van der Waals surface area (Å²) >= 11 is 4.59. The zero-order chi connectivity index (χ0) is 12.0. The van der Waals surface area contributed by atoms with Crippen LogP contribution in [0.15, 0.2) is 0 Å². The van der Waals surface area contributed by atoms with Crippen molar-refractivity contribution < 1.29 is 0 Å². The standard InChI is InChI=1S/C14H29NS/c1-4-14(5-2,12-16)11-15-10-8-6-7-9-13(15)3/h13,16H,4-12H2,1-3H3. The Morgan fingerprint density at radius 3 is 2.44 bits per heavy atom. The molecule has 1 rings (SSSR count). The molecular weight excluding hydrogens is 214 g/mol. The Labute approximate surface area is 107 Å². The second-order valence-electron chi connectivity index (χ2n) is 5.53. The highest BCUT2D eigenvalue weighted by Gasteiger charge is 2.29. The molecule has 1 nitrogen and oxygen atoms in total. The summed E-state index contributed by atoms with van der Waals surface area (Å²) < 4.78 is 0. The first kappa shape index (κ1) is 14.4. The summed E-state index contributed by atoms with van der Waals surface area (Å²) in [7, 11) is 0. The van der Waals surface area contributed by atoms with Crippen LogP contribution in [-0.2, 0) is 0 Å². The first-order chi connectivity index (χ1) is 7.67. The molecule has 16 heavy (non-hydrogen) atoms. The average Bonchev–Trinajstić information content (AvgIpc) is 2.52. The predicted molar refractivity (Wildman–Crippen MR) is 76.4 cm³/mol. The maximum Gasteiger partial charge on any atom is 0.00671 e. The molecule has 1 aliphatic heterocycles. The molecule has 0 aromatic carbocycles. The van der Waals surface area contributed by atoms with Crippen LogP contribution in [0.1, 0.15) is 59.3 Å². The van der Waals surface area contributed by atoms with Crippen LogP contribution in [0, 0.1) is 5.41 Å². The number of likely N-dealkylation sites (tertiary alicyclic amines) is 1. The van der Waals surface area contributed by atoms with Gasteiger partial charge in [-0.2, -0.15) is 12.6 Å². The fourth-order valence-electron chi connectivity index (χ4n) is 2.75. The maximum atomic E-state index is 4.59. The average molecular weight is 243 g/mol. The molecule has 96 valence electrons. The Hall–Kier alpha value is 0.310. The van der Waals surface area contributed by atoms with Crippen LogP contribution in [0.4, 0.5) is 0 Å². The van der Waals surface area contributed by atoms with Crippen LogP contribution in [0.5, 0.6) is 0 Å². The monoisotopic (exact) mass is 243 g/mol. The first-order valence-corrected chi connectivity index (χ1v) is 7.65. The SMILES string of the molecule is CCC(CC)(CS)CN1CCCCCC1C. The van der Waals surface area contributed by atoms with Gasteiger partial charge in [0.1, 0.15) is 0 Å². The molecule has 1 saturated heterocycles. The summed E-state index contributed by atoms with van der Waals surface area (Å²) in [4.78, 5) is 2.72. The van der Waals surface area contributed by atoms with Crippen molar-refractivity contribution in [1.82, 2.24) is 4.90 Å². The highest BCUT2D eigenvalue weighted by Crippen LogP contribution is 2.31. The van der Waals surface area contributed by atoms with Crippen LogP contribution in [-0.4, -0.2) is 29.8 Å². The van der Waals surface area contributed by atoms with Gasteiger partial charge in [0.25, 0.3) is 0 Å². The van der Waals surface area contributed by atoms with Crippen molar-refractivity contribution >= 4 is 12.6 Å². The summed E-state index contributed by atoms with van der Waals surface area (Å²) in [5.74, 6) is 1.03. The highest BCUT2D eigenvalue weighted by atomic mass is 32.1. The molecule has 1 atom stereocenters. The van der Waals surface area contributed by atoms with Crippen LogP contribution in [0.3, 0.4) is 0 Å².